The van der Waals surface area contributed by atoms with Crippen molar-refractivity contribution in [3.63, 3.8) is 0 Å². The largest absolute Gasteiger partial charge is 0.465 e. The molecule has 2 atom stereocenters. The number of alkyl halides is 3. The summed E-state index contributed by atoms with van der Waals surface area (Å²) in [5, 5.41) is 19.0. The molecule has 0 saturated carbocycles. The first kappa shape index (κ1) is 15.6. The molecule has 1 aliphatic rings. The van der Waals surface area contributed by atoms with Crippen molar-refractivity contribution in [2.75, 3.05) is 6.54 Å². The third kappa shape index (κ3) is 3.11. The van der Waals surface area contributed by atoms with Gasteiger partial charge in [-0.25, -0.2) is 4.79 Å². The minimum absolute atomic E-state index is 0.121. The summed E-state index contributed by atoms with van der Waals surface area (Å²) < 4.78 is 38.1. The Morgan fingerprint density at radius 1 is 1.43 bits per heavy atom. The van der Waals surface area contributed by atoms with Gasteiger partial charge < -0.3 is 15.9 Å². The monoisotopic (exact) mass is 304 g/mol. The number of hydrogen-bond donors (Lipinski definition) is 3. The van der Waals surface area contributed by atoms with Crippen molar-refractivity contribution in [3.8, 4) is 0 Å². The Bertz CT molecular complexity index is 548. The molecule has 0 radical (unpaired) electrons. The Kier molecular flexibility index (Phi) is 4.11. The van der Waals surface area contributed by atoms with E-state index in [-0.39, 0.29) is 19.5 Å². The Morgan fingerprint density at radius 2 is 2.10 bits per heavy atom. The first-order chi connectivity index (χ1) is 9.74. The molecule has 1 amide bonds. The van der Waals surface area contributed by atoms with E-state index in [9.17, 15) is 23.1 Å². The van der Waals surface area contributed by atoms with Gasteiger partial charge in [0.1, 0.15) is 0 Å². The Balaban J connectivity index is 2.37. The molecule has 116 valence electrons. The average molecular weight is 304 g/mol. The molecule has 1 aromatic carbocycles. The summed E-state index contributed by atoms with van der Waals surface area (Å²) in [4.78, 5) is 12.2. The third-order valence-corrected chi connectivity index (χ3v) is 3.64. The van der Waals surface area contributed by atoms with E-state index in [1.807, 2.05) is 0 Å². The van der Waals surface area contributed by atoms with E-state index in [0.29, 0.717) is 11.1 Å². The number of fused-ring (bicyclic) bond motifs is 1. The molecule has 1 heterocycles. The number of amides is 1. The van der Waals surface area contributed by atoms with Gasteiger partial charge in [0, 0.05) is 13.1 Å². The van der Waals surface area contributed by atoms with Gasteiger partial charge in [-0.15, -0.1) is 0 Å². The van der Waals surface area contributed by atoms with Gasteiger partial charge in [0.05, 0.1) is 17.7 Å². The lowest BCUT2D eigenvalue weighted by Crippen LogP contribution is -2.52. The van der Waals surface area contributed by atoms with Crippen LogP contribution in [0.3, 0.4) is 0 Å². The van der Waals surface area contributed by atoms with Crippen LogP contribution in [0.15, 0.2) is 18.2 Å². The van der Waals surface area contributed by atoms with Gasteiger partial charge in [0.25, 0.3) is 0 Å². The van der Waals surface area contributed by atoms with Crippen LogP contribution < -0.4 is 5.73 Å². The summed E-state index contributed by atoms with van der Waals surface area (Å²) >= 11 is 0. The molecule has 5 nitrogen and oxygen atoms in total. The minimum atomic E-state index is -4.48. The molecule has 0 bridgehead atoms. The van der Waals surface area contributed by atoms with E-state index >= 15 is 0 Å². The molecular formula is C13H15F3N2O3. The number of nitrogens with zero attached hydrogens (tertiary/aromatic N) is 1. The molecule has 0 saturated heterocycles. The van der Waals surface area contributed by atoms with Crippen molar-refractivity contribution in [2.45, 2.75) is 31.3 Å². The van der Waals surface area contributed by atoms with Gasteiger partial charge in [-0.1, -0.05) is 6.07 Å². The SMILES string of the molecule is NC[C@@H](O)[C@@H]1Cc2ccc(C(F)(F)F)cc2CN1C(=O)O. The lowest BCUT2D eigenvalue weighted by Gasteiger charge is -2.37. The van der Waals surface area contributed by atoms with Crippen LogP contribution in [0.2, 0.25) is 0 Å². The molecule has 4 N–H and O–H groups in total. The maximum atomic E-state index is 12.7. The smallest absolute Gasteiger partial charge is 0.416 e. The minimum Gasteiger partial charge on any atom is -0.465 e. The van der Waals surface area contributed by atoms with Crippen LogP contribution in [0.5, 0.6) is 0 Å². The van der Waals surface area contributed by atoms with Crippen LogP contribution in [0.25, 0.3) is 0 Å². The van der Waals surface area contributed by atoms with Crippen LogP contribution in [-0.2, 0) is 19.1 Å². The molecule has 2 rings (SSSR count). The van der Waals surface area contributed by atoms with Crippen molar-refractivity contribution in [1.29, 1.82) is 0 Å². The lowest BCUT2D eigenvalue weighted by atomic mass is 9.90. The van der Waals surface area contributed by atoms with Gasteiger partial charge in [-0.2, -0.15) is 13.2 Å². The first-order valence-corrected chi connectivity index (χ1v) is 6.30. The molecule has 0 unspecified atom stereocenters. The summed E-state index contributed by atoms with van der Waals surface area (Å²) in [6.45, 7) is -0.319. The van der Waals surface area contributed by atoms with Crippen molar-refractivity contribution in [2.24, 2.45) is 5.73 Å². The zero-order valence-electron chi connectivity index (χ0n) is 11.0. The van der Waals surface area contributed by atoms with Crippen molar-refractivity contribution >= 4 is 6.09 Å². The number of rotatable bonds is 2. The molecule has 0 aromatic heterocycles. The van der Waals surface area contributed by atoms with Gasteiger partial charge in [-0.3, -0.25) is 4.90 Å². The van der Waals surface area contributed by atoms with Crippen molar-refractivity contribution < 1.29 is 28.2 Å². The zero-order valence-corrected chi connectivity index (χ0v) is 11.0. The number of hydrogen-bond acceptors (Lipinski definition) is 3. The number of benzene rings is 1. The quantitative estimate of drug-likeness (QED) is 0.771. The Morgan fingerprint density at radius 3 is 2.62 bits per heavy atom. The predicted molar refractivity (Wildman–Crippen MR) is 67.6 cm³/mol. The fourth-order valence-electron chi connectivity index (χ4n) is 2.50. The fraction of sp³-hybridized carbons (Fsp3) is 0.462. The van der Waals surface area contributed by atoms with E-state index in [0.717, 1.165) is 17.0 Å². The molecule has 0 fully saturated rings. The topological polar surface area (TPSA) is 86.8 Å². The molecule has 1 aliphatic heterocycles. The molecule has 21 heavy (non-hydrogen) atoms. The van der Waals surface area contributed by atoms with Crippen LogP contribution in [0.4, 0.5) is 18.0 Å². The fourth-order valence-corrected chi connectivity index (χ4v) is 2.50. The number of aliphatic hydroxyl groups excluding tert-OH is 1. The summed E-state index contributed by atoms with van der Waals surface area (Å²) in [7, 11) is 0. The second-order valence-electron chi connectivity index (χ2n) is 4.97. The van der Waals surface area contributed by atoms with E-state index in [4.69, 9.17) is 10.8 Å². The normalized spacial score (nSPS) is 20.0. The second-order valence-corrected chi connectivity index (χ2v) is 4.97. The summed E-state index contributed by atoms with van der Waals surface area (Å²) in [5.41, 5.74) is 5.43. The maximum absolute atomic E-state index is 12.7. The van der Waals surface area contributed by atoms with E-state index in [1.165, 1.54) is 6.07 Å². The first-order valence-electron chi connectivity index (χ1n) is 6.30. The van der Waals surface area contributed by atoms with Crippen LogP contribution in [0.1, 0.15) is 16.7 Å². The highest BCUT2D eigenvalue weighted by Crippen LogP contribution is 2.33. The van der Waals surface area contributed by atoms with Crippen molar-refractivity contribution in [3.05, 3.63) is 34.9 Å². The third-order valence-electron chi connectivity index (χ3n) is 3.64. The highest BCUT2D eigenvalue weighted by molar-refractivity contribution is 5.66. The number of carboxylic acid groups (broad SMARTS) is 1. The van der Waals surface area contributed by atoms with Crippen LogP contribution in [-0.4, -0.2) is 39.9 Å². The molecule has 0 spiro atoms. The lowest BCUT2D eigenvalue weighted by molar-refractivity contribution is -0.137. The van der Waals surface area contributed by atoms with Gasteiger partial charge in [0.2, 0.25) is 0 Å². The number of carbonyl (C=O) groups is 1. The summed E-state index contributed by atoms with van der Waals surface area (Å²) in [6.07, 6.45) is -6.69. The highest BCUT2D eigenvalue weighted by Gasteiger charge is 2.36. The van der Waals surface area contributed by atoms with Gasteiger partial charge in [-0.05, 0) is 29.7 Å². The Labute approximate surface area is 118 Å². The average Bonchev–Trinajstić information content (AvgIpc) is 2.43. The number of halogens is 3. The standard InChI is InChI=1S/C13H15F3N2O3/c14-13(15,16)9-2-1-7-4-10(11(19)5-17)18(12(20)21)6-8(7)3-9/h1-3,10-11,19H,4-6,17H2,(H,20,21)/t10-,11+/m0/s1. The van der Waals surface area contributed by atoms with E-state index in [1.54, 1.807) is 0 Å². The summed E-state index contributed by atoms with van der Waals surface area (Å²) in [6, 6.07) is 2.49. The number of nitrogens with two attached hydrogens (primary N) is 1. The van der Waals surface area contributed by atoms with Crippen LogP contribution in [0, 0.1) is 0 Å². The molecule has 8 heteroatoms. The molecular weight excluding hydrogens is 289 g/mol. The zero-order chi connectivity index (χ0) is 15.8. The summed E-state index contributed by atoms with van der Waals surface area (Å²) in [5.74, 6) is 0. The van der Waals surface area contributed by atoms with Crippen molar-refractivity contribution in [1.82, 2.24) is 4.90 Å². The second kappa shape index (κ2) is 5.53. The predicted octanol–water partition coefficient (Wildman–Crippen LogP) is 1.43. The maximum Gasteiger partial charge on any atom is 0.416 e. The van der Waals surface area contributed by atoms with E-state index in [2.05, 4.69) is 0 Å². The Hall–Kier alpha value is -1.80. The molecule has 1 aromatic rings. The van der Waals surface area contributed by atoms with Crippen LogP contribution >= 0.6 is 0 Å². The van der Waals surface area contributed by atoms with Gasteiger partial charge >= 0.3 is 12.3 Å². The van der Waals surface area contributed by atoms with E-state index < -0.39 is 30.0 Å². The molecule has 0 aliphatic carbocycles. The van der Waals surface area contributed by atoms with Gasteiger partial charge in [0.15, 0.2) is 0 Å². The highest BCUT2D eigenvalue weighted by atomic mass is 19.4. The number of aliphatic hydroxyl groups is 1.